The second-order valence-electron chi connectivity index (χ2n) is 10.4. The maximum atomic E-state index is 5.47. The van der Waals surface area contributed by atoms with Crippen LogP contribution in [0.3, 0.4) is 0 Å². The summed E-state index contributed by atoms with van der Waals surface area (Å²) in [5.74, 6) is 3.97. The lowest BCUT2D eigenvalue weighted by molar-refractivity contribution is -1.08. The first-order valence-corrected chi connectivity index (χ1v) is 14.7. The molecule has 2 atom stereocenters. The molecule has 0 bridgehead atoms. The van der Waals surface area contributed by atoms with Crippen molar-refractivity contribution in [3.8, 4) is 34.5 Å². The smallest absolute Gasteiger partial charge is 0.204 e. The fourth-order valence-corrected chi connectivity index (χ4v) is 5.48. The van der Waals surface area contributed by atoms with Crippen molar-refractivity contribution >= 4 is 12.2 Å². The Morgan fingerprint density at radius 1 is 0.561 bits per heavy atom. The Labute approximate surface area is 246 Å². The van der Waals surface area contributed by atoms with E-state index in [0.717, 1.165) is 24.0 Å². The quantitative estimate of drug-likeness (QED) is 0.301. The lowest BCUT2D eigenvalue weighted by atomic mass is 10.1. The van der Waals surface area contributed by atoms with E-state index in [1.54, 1.807) is 52.5 Å². The van der Waals surface area contributed by atoms with Gasteiger partial charge in [-0.1, -0.05) is 24.3 Å². The number of nitrogens with one attached hydrogen (secondary N) is 2. The molecule has 0 spiro atoms. The first-order chi connectivity index (χ1) is 20.1. The van der Waals surface area contributed by atoms with Crippen molar-refractivity contribution in [1.29, 1.82) is 0 Å². The van der Waals surface area contributed by atoms with Gasteiger partial charge in [-0.05, 0) is 48.2 Å². The molecule has 226 valence electrons. The zero-order chi connectivity index (χ0) is 29.5. The molecule has 1 heterocycles. The topological polar surface area (TPSA) is 64.3 Å². The van der Waals surface area contributed by atoms with Gasteiger partial charge in [0.05, 0.1) is 68.8 Å². The minimum atomic E-state index is 0.624. The molecule has 3 rings (SSSR count). The standard InChI is InChI=1S/C33H48N2O6/c1-36-28-21-26(22-29(37-2)32(28)40-5)15-9-7-11-17-34-19-13-14-20-35(25-34)18-12-8-10-16-27-23-30(38-3)33(41-6)31(24-27)39-4/h9-10,15-16,21-24H,7-8,11-14,17-20,25H2,1-6H3/p+2/b15-9+,16-10+. The second kappa shape index (κ2) is 17.5. The van der Waals surface area contributed by atoms with Gasteiger partial charge in [-0.2, -0.15) is 0 Å². The molecule has 0 saturated carbocycles. The van der Waals surface area contributed by atoms with Gasteiger partial charge in [0.15, 0.2) is 23.0 Å². The zero-order valence-electron chi connectivity index (χ0n) is 25.8. The fourth-order valence-electron chi connectivity index (χ4n) is 5.48. The molecule has 1 saturated heterocycles. The van der Waals surface area contributed by atoms with Gasteiger partial charge in [0.2, 0.25) is 18.2 Å². The molecule has 2 unspecified atom stereocenters. The van der Waals surface area contributed by atoms with Gasteiger partial charge >= 0.3 is 0 Å². The summed E-state index contributed by atoms with van der Waals surface area (Å²) in [6.45, 7) is 6.20. The van der Waals surface area contributed by atoms with E-state index in [1.807, 2.05) is 24.3 Å². The number of rotatable bonds is 16. The van der Waals surface area contributed by atoms with Crippen LogP contribution in [0.25, 0.3) is 12.2 Å². The summed E-state index contributed by atoms with van der Waals surface area (Å²) in [6.07, 6.45) is 15.9. The third-order valence-electron chi connectivity index (χ3n) is 7.61. The first kappa shape index (κ1) is 32.2. The van der Waals surface area contributed by atoms with Crippen molar-refractivity contribution in [3.05, 3.63) is 47.5 Å². The van der Waals surface area contributed by atoms with Gasteiger partial charge in [-0.15, -0.1) is 0 Å². The molecule has 8 heteroatoms. The molecule has 41 heavy (non-hydrogen) atoms. The maximum Gasteiger partial charge on any atom is 0.204 e. The molecule has 2 aromatic carbocycles. The fraction of sp³-hybridized carbons (Fsp3) is 0.515. The van der Waals surface area contributed by atoms with E-state index in [4.69, 9.17) is 28.4 Å². The highest BCUT2D eigenvalue weighted by molar-refractivity contribution is 5.63. The summed E-state index contributed by atoms with van der Waals surface area (Å²) >= 11 is 0. The summed E-state index contributed by atoms with van der Waals surface area (Å²) in [6, 6.07) is 7.94. The number of hydrogen-bond acceptors (Lipinski definition) is 6. The van der Waals surface area contributed by atoms with Gasteiger partial charge in [0.25, 0.3) is 0 Å². The van der Waals surface area contributed by atoms with E-state index >= 15 is 0 Å². The van der Waals surface area contributed by atoms with E-state index in [9.17, 15) is 0 Å². The Morgan fingerprint density at radius 2 is 0.927 bits per heavy atom. The average molecular weight is 571 g/mol. The molecule has 1 fully saturated rings. The lowest BCUT2D eigenvalue weighted by Gasteiger charge is -2.22. The Hall–Kier alpha value is -3.36. The van der Waals surface area contributed by atoms with E-state index in [2.05, 4.69) is 24.3 Å². The van der Waals surface area contributed by atoms with Crippen molar-refractivity contribution in [2.45, 2.75) is 38.5 Å². The number of quaternary nitrogens is 2. The van der Waals surface area contributed by atoms with Crippen LogP contribution >= 0.6 is 0 Å². The third kappa shape index (κ3) is 9.61. The van der Waals surface area contributed by atoms with Gasteiger partial charge in [-0.25, -0.2) is 0 Å². The number of methoxy groups -OCH3 is 6. The van der Waals surface area contributed by atoms with Crippen LogP contribution in [0.5, 0.6) is 34.5 Å². The highest BCUT2D eigenvalue weighted by atomic mass is 16.5. The van der Waals surface area contributed by atoms with Crippen molar-refractivity contribution < 1.29 is 38.2 Å². The summed E-state index contributed by atoms with van der Waals surface area (Å²) in [4.78, 5) is 3.46. The minimum absolute atomic E-state index is 0.624. The van der Waals surface area contributed by atoms with Crippen LogP contribution in [-0.4, -0.2) is 75.5 Å². The van der Waals surface area contributed by atoms with Crippen LogP contribution in [-0.2, 0) is 0 Å². The summed E-state index contributed by atoms with van der Waals surface area (Å²) in [7, 11) is 9.84. The molecule has 1 aliphatic rings. The van der Waals surface area contributed by atoms with Crippen molar-refractivity contribution in [2.24, 2.45) is 0 Å². The Morgan fingerprint density at radius 3 is 1.24 bits per heavy atom. The largest absolute Gasteiger partial charge is 0.493 e. The summed E-state index contributed by atoms with van der Waals surface area (Å²) < 4.78 is 32.7. The Kier molecular flexibility index (Phi) is 13.7. The predicted molar refractivity (Wildman–Crippen MR) is 164 cm³/mol. The van der Waals surface area contributed by atoms with Gasteiger partial charge < -0.3 is 28.4 Å². The molecule has 1 aliphatic heterocycles. The lowest BCUT2D eigenvalue weighted by Crippen LogP contribution is -3.30. The van der Waals surface area contributed by atoms with Crippen LogP contribution in [0.2, 0.25) is 0 Å². The normalized spacial score (nSPS) is 17.4. The molecule has 8 nitrogen and oxygen atoms in total. The van der Waals surface area contributed by atoms with E-state index in [1.165, 1.54) is 58.5 Å². The number of unbranched alkanes of at least 4 members (excludes halogenated alkanes) is 2. The molecule has 0 aliphatic carbocycles. The monoisotopic (exact) mass is 570 g/mol. The molecule has 2 aromatic rings. The van der Waals surface area contributed by atoms with Crippen LogP contribution < -0.4 is 38.2 Å². The average Bonchev–Trinajstić information content (AvgIpc) is 3.24. The van der Waals surface area contributed by atoms with Gasteiger partial charge in [0.1, 0.15) is 0 Å². The van der Waals surface area contributed by atoms with Gasteiger partial charge in [-0.3, -0.25) is 9.80 Å². The van der Waals surface area contributed by atoms with Gasteiger partial charge in [0, 0.05) is 25.7 Å². The van der Waals surface area contributed by atoms with Crippen molar-refractivity contribution in [2.75, 3.05) is 75.5 Å². The highest BCUT2D eigenvalue weighted by Crippen LogP contribution is 2.39. The molecule has 0 amide bonds. The molecule has 0 aromatic heterocycles. The number of allylic oxidation sites excluding steroid dienone is 2. The summed E-state index contributed by atoms with van der Waals surface area (Å²) in [5.41, 5.74) is 2.10. The highest BCUT2D eigenvalue weighted by Gasteiger charge is 2.20. The number of ether oxygens (including phenoxy) is 6. The molecule has 0 radical (unpaired) electrons. The Bertz CT molecular complexity index is 995. The number of benzene rings is 2. The van der Waals surface area contributed by atoms with Crippen LogP contribution in [0.15, 0.2) is 36.4 Å². The maximum absolute atomic E-state index is 5.47. The van der Waals surface area contributed by atoms with Crippen LogP contribution in [0.4, 0.5) is 0 Å². The molecule has 2 N–H and O–H groups in total. The zero-order valence-corrected chi connectivity index (χ0v) is 25.8. The van der Waals surface area contributed by atoms with E-state index in [-0.39, 0.29) is 0 Å². The molecular formula is C33H50N2O6+2. The van der Waals surface area contributed by atoms with E-state index in [0.29, 0.717) is 34.5 Å². The van der Waals surface area contributed by atoms with Crippen molar-refractivity contribution in [3.63, 3.8) is 0 Å². The van der Waals surface area contributed by atoms with Crippen molar-refractivity contribution in [1.82, 2.24) is 0 Å². The number of hydrogen-bond donors (Lipinski definition) is 2. The molecular weight excluding hydrogens is 520 g/mol. The van der Waals surface area contributed by atoms with E-state index < -0.39 is 0 Å². The van der Waals surface area contributed by atoms with Crippen LogP contribution in [0, 0.1) is 0 Å². The Balaban J connectivity index is 1.43. The predicted octanol–water partition coefficient (Wildman–Crippen LogP) is 3.55. The third-order valence-corrected chi connectivity index (χ3v) is 7.61. The summed E-state index contributed by atoms with van der Waals surface area (Å²) in [5, 5.41) is 0. The first-order valence-electron chi connectivity index (χ1n) is 14.7. The SMILES string of the molecule is COc1cc(/C=C/CCC[NH+]2CCCC[NH+](CCC/C=C/c3cc(OC)c(OC)c(OC)c3)C2)cc(OC)c1OC. The minimum Gasteiger partial charge on any atom is -0.493 e. The van der Waals surface area contributed by atoms with Crippen LogP contribution in [0.1, 0.15) is 49.7 Å². The second-order valence-corrected chi connectivity index (χ2v) is 10.4.